The number of ether oxygens (including phenoxy) is 1. The third-order valence-corrected chi connectivity index (χ3v) is 7.07. The summed E-state index contributed by atoms with van der Waals surface area (Å²) in [5.74, 6) is 0. The molecule has 0 aliphatic carbocycles. The number of rotatable bonds is 3. The first kappa shape index (κ1) is 24.2. The molecule has 38 heavy (non-hydrogen) atoms. The van der Waals surface area contributed by atoms with Crippen molar-refractivity contribution in [2.75, 3.05) is 42.5 Å². The summed E-state index contributed by atoms with van der Waals surface area (Å²) >= 11 is 0. The van der Waals surface area contributed by atoms with Gasteiger partial charge in [0, 0.05) is 61.3 Å². The van der Waals surface area contributed by atoms with Gasteiger partial charge in [0.25, 0.3) is 0 Å². The van der Waals surface area contributed by atoms with Crippen molar-refractivity contribution in [3.8, 4) is 11.1 Å². The van der Waals surface area contributed by atoms with E-state index in [2.05, 4.69) is 65.0 Å². The highest BCUT2D eigenvalue weighted by Gasteiger charge is 2.29. The van der Waals surface area contributed by atoms with Gasteiger partial charge in [-0.3, -0.25) is 4.90 Å². The predicted octanol–water partition coefficient (Wildman–Crippen LogP) is 5.60. The van der Waals surface area contributed by atoms with E-state index in [1.165, 1.54) is 5.69 Å². The summed E-state index contributed by atoms with van der Waals surface area (Å²) in [6.45, 7) is 10.2. The third kappa shape index (κ3) is 4.65. The minimum absolute atomic E-state index is 0.340. The van der Waals surface area contributed by atoms with Crippen molar-refractivity contribution in [2.24, 2.45) is 0 Å². The number of piperazine rings is 1. The van der Waals surface area contributed by atoms with Crippen LogP contribution >= 0.6 is 0 Å². The molecule has 0 unspecified atom stereocenters. The highest BCUT2D eigenvalue weighted by atomic mass is 16.6. The number of hydrogen-bond donors (Lipinski definition) is 1. The SMILES string of the molecule is CC(C)(C)OC(=O)N1CC=C(c2cnn3cc(-c4ccc(N5CCNCC5)cc4)ccc23)c2ccccc21. The molecule has 2 aliphatic heterocycles. The lowest BCUT2D eigenvalue weighted by molar-refractivity contribution is 0.0584. The number of benzene rings is 2. The number of carbonyl (C=O) groups is 1. The van der Waals surface area contributed by atoms with Crippen LogP contribution in [0.2, 0.25) is 0 Å². The van der Waals surface area contributed by atoms with Crippen molar-refractivity contribution < 1.29 is 9.53 Å². The summed E-state index contributed by atoms with van der Waals surface area (Å²) in [7, 11) is 0. The Bertz CT molecular complexity index is 1510. The van der Waals surface area contributed by atoms with E-state index < -0.39 is 5.60 Å². The Hall–Kier alpha value is -4.10. The number of fused-ring (bicyclic) bond motifs is 2. The van der Waals surface area contributed by atoms with Gasteiger partial charge >= 0.3 is 6.09 Å². The summed E-state index contributed by atoms with van der Waals surface area (Å²) in [6.07, 6.45) is 5.75. The molecule has 2 aromatic carbocycles. The van der Waals surface area contributed by atoms with E-state index in [0.717, 1.165) is 65.2 Å². The molecule has 1 saturated heterocycles. The van der Waals surface area contributed by atoms with Gasteiger partial charge in [0.15, 0.2) is 0 Å². The van der Waals surface area contributed by atoms with Crippen molar-refractivity contribution in [3.63, 3.8) is 0 Å². The summed E-state index contributed by atoms with van der Waals surface area (Å²) in [4.78, 5) is 17.0. The molecule has 2 aromatic heterocycles. The number of pyridine rings is 1. The molecule has 194 valence electrons. The minimum atomic E-state index is -0.554. The zero-order chi connectivity index (χ0) is 26.3. The second-order valence-electron chi connectivity index (χ2n) is 10.8. The fraction of sp³-hybridized carbons (Fsp3) is 0.290. The largest absolute Gasteiger partial charge is 0.443 e. The smallest absolute Gasteiger partial charge is 0.415 e. The Morgan fingerprint density at radius 2 is 1.66 bits per heavy atom. The maximum Gasteiger partial charge on any atom is 0.415 e. The maximum atomic E-state index is 12.9. The maximum absolute atomic E-state index is 12.9. The number of aromatic nitrogens is 2. The van der Waals surface area contributed by atoms with E-state index in [1.807, 2.05) is 49.7 Å². The molecule has 0 radical (unpaired) electrons. The molecule has 4 heterocycles. The number of anilines is 2. The highest BCUT2D eigenvalue weighted by molar-refractivity contribution is 6.00. The van der Waals surface area contributed by atoms with Gasteiger partial charge < -0.3 is 15.0 Å². The fourth-order valence-electron chi connectivity index (χ4n) is 5.22. The molecule has 0 saturated carbocycles. The van der Waals surface area contributed by atoms with Gasteiger partial charge in [0.1, 0.15) is 5.60 Å². The lowest BCUT2D eigenvalue weighted by atomic mass is 9.93. The van der Waals surface area contributed by atoms with Crippen LogP contribution in [0.3, 0.4) is 0 Å². The number of nitrogens with zero attached hydrogens (tertiary/aromatic N) is 4. The summed E-state index contributed by atoms with van der Waals surface area (Å²) < 4.78 is 7.61. The summed E-state index contributed by atoms with van der Waals surface area (Å²) in [5, 5.41) is 8.11. The number of carbonyl (C=O) groups excluding carboxylic acids is 1. The first-order chi connectivity index (χ1) is 18.4. The standard InChI is InChI=1S/C31H33N5O2/c1-31(2,3)38-30(37)35-17-14-25(26-6-4-5-7-28(26)35)27-20-33-36-21-23(10-13-29(27)36)22-8-11-24(12-9-22)34-18-15-32-16-19-34/h4-14,20-21,32H,15-19H2,1-3H3. The van der Waals surface area contributed by atoms with E-state index in [1.54, 1.807) is 4.90 Å². The first-order valence-electron chi connectivity index (χ1n) is 13.2. The van der Waals surface area contributed by atoms with E-state index in [-0.39, 0.29) is 6.09 Å². The van der Waals surface area contributed by atoms with Gasteiger partial charge in [-0.15, -0.1) is 0 Å². The van der Waals surface area contributed by atoms with Crippen LogP contribution in [0, 0.1) is 0 Å². The monoisotopic (exact) mass is 507 g/mol. The van der Waals surface area contributed by atoms with Crippen LogP contribution in [0.25, 0.3) is 22.2 Å². The average molecular weight is 508 g/mol. The lowest BCUT2D eigenvalue weighted by Crippen LogP contribution is -2.43. The molecule has 7 heteroatoms. The molecule has 1 N–H and O–H groups in total. The van der Waals surface area contributed by atoms with Crippen LogP contribution in [0.5, 0.6) is 0 Å². The Labute approximate surface area is 223 Å². The van der Waals surface area contributed by atoms with Crippen LogP contribution in [-0.4, -0.2) is 54.0 Å². The Morgan fingerprint density at radius 1 is 0.921 bits per heavy atom. The molecule has 0 bridgehead atoms. The van der Waals surface area contributed by atoms with Crippen LogP contribution in [0.1, 0.15) is 31.9 Å². The lowest BCUT2D eigenvalue weighted by Gasteiger charge is -2.31. The Balaban J connectivity index is 1.29. The van der Waals surface area contributed by atoms with Gasteiger partial charge in [-0.05, 0) is 56.2 Å². The van der Waals surface area contributed by atoms with Gasteiger partial charge in [-0.2, -0.15) is 5.10 Å². The summed E-state index contributed by atoms with van der Waals surface area (Å²) in [5.41, 5.74) is 7.98. The summed E-state index contributed by atoms with van der Waals surface area (Å²) in [6, 6.07) is 21.1. The van der Waals surface area contributed by atoms with Gasteiger partial charge in [-0.1, -0.05) is 42.5 Å². The van der Waals surface area contributed by atoms with Crippen LogP contribution < -0.4 is 15.1 Å². The van der Waals surface area contributed by atoms with E-state index >= 15 is 0 Å². The van der Waals surface area contributed by atoms with Gasteiger partial charge in [0.2, 0.25) is 0 Å². The highest BCUT2D eigenvalue weighted by Crippen LogP contribution is 2.38. The van der Waals surface area contributed by atoms with Crippen molar-refractivity contribution in [2.45, 2.75) is 26.4 Å². The van der Waals surface area contributed by atoms with Gasteiger partial charge in [0.05, 0.1) is 17.4 Å². The number of amides is 1. The van der Waals surface area contributed by atoms with Crippen molar-refractivity contribution in [3.05, 3.63) is 90.3 Å². The minimum Gasteiger partial charge on any atom is -0.443 e. The molecule has 0 atom stereocenters. The van der Waals surface area contributed by atoms with Crippen molar-refractivity contribution in [1.82, 2.24) is 14.9 Å². The average Bonchev–Trinajstić information content (AvgIpc) is 3.35. The zero-order valence-corrected chi connectivity index (χ0v) is 22.1. The second-order valence-corrected chi connectivity index (χ2v) is 10.8. The Morgan fingerprint density at radius 3 is 2.42 bits per heavy atom. The predicted molar refractivity (Wildman–Crippen MR) is 153 cm³/mol. The second kappa shape index (κ2) is 9.65. The van der Waals surface area contributed by atoms with Crippen LogP contribution in [0.15, 0.2) is 79.1 Å². The molecular formula is C31H33N5O2. The van der Waals surface area contributed by atoms with Crippen molar-refractivity contribution in [1.29, 1.82) is 0 Å². The van der Waals surface area contributed by atoms with E-state index in [4.69, 9.17) is 9.84 Å². The quantitative estimate of drug-likeness (QED) is 0.391. The first-order valence-corrected chi connectivity index (χ1v) is 13.2. The molecule has 4 aromatic rings. The fourth-order valence-corrected chi connectivity index (χ4v) is 5.22. The molecule has 1 amide bonds. The molecule has 7 nitrogen and oxygen atoms in total. The van der Waals surface area contributed by atoms with E-state index in [0.29, 0.717) is 6.54 Å². The number of nitrogens with one attached hydrogen (secondary N) is 1. The molecule has 1 fully saturated rings. The van der Waals surface area contributed by atoms with Crippen LogP contribution in [-0.2, 0) is 4.74 Å². The zero-order valence-electron chi connectivity index (χ0n) is 22.1. The molecule has 2 aliphatic rings. The number of hydrogen-bond acceptors (Lipinski definition) is 5. The molecular weight excluding hydrogens is 474 g/mol. The van der Waals surface area contributed by atoms with E-state index in [9.17, 15) is 4.79 Å². The number of para-hydroxylation sites is 1. The van der Waals surface area contributed by atoms with Crippen molar-refractivity contribution >= 4 is 28.6 Å². The topological polar surface area (TPSA) is 62.1 Å². The van der Waals surface area contributed by atoms with Gasteiger partial charge in [-0.25, -0.2) is 9.31 Å². The normalized spacial score (nSPS) is 15.8. The van der Waals surface area contributed by atoms with Crippen LogP contribution in [0.4, 0.5) is 16.2 Å². The molecule has 0 spiro atoms. The third-order valence-electron chi connectivity index (χ3n) is 7.07. The molecule has 6 rings (SSSR count). The Kier molecular flexibility index (Phi) is 6.16.